The van der Waals surface area contributed by atoms with E-state index in [9.17, 15) is 4.79 Å². The maximum atomic E-state index is 12.1. The summed E-state index contributed by atoms with van der Waals surface area (Å²) < 4.78 is 6.37. The van der Waals surface area contributed by atoms with E-state index in [1.54, 1.807) is 12.1 Å². The molecule has 1 N–H and O–H groups in total. The van der Waals surface area contributed by atoms with Crippen molar-refractivity contribution in [3.63, 3.8) is 0 Å². The van der Waals surface area contributed by atoms with Crippen molar-refractivity contribution in [3.05, 3.63) is 62.6 Å². The zero-order valence-electron chi connectivity index (χ0n) is 13.4. The highest BCUT2D eigenvalue weighted by molar-refractivity contribution is 9.10. The van der Waals surface area contributed by atoms with Gasteiger partial charge in [0.1, 0.15) is 5.75 Å². The molecule has 1 aliphatic rings. The van der Waals surface area contributed by atoms with E-state index in [4.69, 9.17) is 16.3 Å². The Morgan fingerprint density at radius 2 is 2.04 bits per heavy atom. The number of nitrogens with one attached hydrogen (secondary N) is 1. The lowest BCUT2D eigenvalue weighted by atomic mass is 10.0. The van der Waals surface area contributed by atoms with Crippen molar-refractivity contribution in [3.8, 4) is 5.75 Å². The van der Waals surface area contributed by atoms with Gasteiger partial charge >= 0.3 is 0 Å². The normalized spacial score (nSPS) is 14.1. The van der Waals surface area contributed by atoms with Crippen molar-refractivity contribution in [1.82, 2.24) is 5.32 Å². The first-order valence-electron chi connectivity index (χ1n) is 8.02. The predicted octanol–water partition coefficient (Wildman–Crippen LogP) is 4.85. The van der Waals surface area contributed by atoms with Gasteiger partial charge in [0, 0.05) is 4.47 Å². The number of aryl methyl sites for hydroxylation is 2. The van der Waals surface area contributed by atoms with E-state index in [0.29, 0.717) is 10.8 Å². The van der Waals surface area contributed by atoms with Gasteiger partial charge in [0.25, 0.3) is 5.91 Å². The molecule has 1 aliphatic carbocycles. The summed E-state index contributed by atoms with van der Waals surface area (Å²) in [7, 11) is 0. The van der Waals surface area contributed by atoms with Crippen LogP contribution < -0.4 is 10.1 Å². The van der Waals surface area contributed by atoms with Crippen LogP contribution in [0.3, 0.4) is 0 Å². The molecule has 0 unspecified atom stereocenters. The van der Waals surface area contributed by atoms with Gasteiger partial charge in [-0.2, -0.15) is 0 Å². The van der Waals surface area contributed by atoms with E-state index < -0.39 is 0 Å². The fraction of sp³-hybridized carbons (Fsp3) is 0.316. The fourth-order valence-electron chi connectivity index (χ4n) is 2.96. The third-order valence-corrected chi connectivity index (χ3v) is 5.04. The molecule has 0 radical (unpaired) electrons. The molecule has 0 aliphatic heterocycles. The molecule has 0 saturated heterocycles. The number of benzene rings is 2. The molecule has 0 fully saturated rings. The molecule has 0 heterocycles. The molecule has 0 saturated carbocycles. The lowest BCUT2D eigenvalue weighted by molar-refractivity contribution is -0.123. The molecule has 0 bridgehead atoms. The van der Waals surface area contributed by atoms with Crippen molar-refractivity contribution in [1.29, 1.82) is 0 Å². The minimum absolute atomic E-state index is 0.0487. The van der Waals surface area contributed by atoms with Crippen LogP contribution in [-0.2, 0) is 17.6 Å². The summed E-state index contributed by atoms with van der Waals surface area (Å²) in [6, 6.07) is 11.7. The van der Waals surface area contributed by atoms with Crippen LogP contribution in [-0.4, -0.2) is 12.5 Å². The second kappa shape index (κ2) is 7.58. The van der Waals surface area contributed by atoms with Crippen LogP contribution in [0.4, 0.5) is 0 Å². The lowest BCUT2D eigenvalue weighted by Crippen LogP contribution is -2.31. The van der Waals surface area contributed by atoms with Crippen LogP contribution in [0.15, 0.2) is 40.9 Å². The molecule has 5 heteroatoms. The fourth-order valence-corrected chi connectivity index (χ4v) is 3.69. The highest BCUT2D eigenvalue weighted by atomic mass is 79.9. The van der Waals surface area contributed by atoms with Crippen LogP contribution in [0.25, 0.3) is 0 Å². The number of ether oxygens (including phenoxy) is 1. The molecule has 0 aromatic heterocycles. The van der Waals surface area contributed by atoms with Gasteiger partial charge in [0.15, 0.2) is 6.61 Å². The van der Waals surface area contributed by atoms with Crippen molar-refractivity contribution in [2.45, 2.75) is 32.2 Å². The van der Waals surface area contributed by atoms with Gasteiger partial charge in [0.2, 0.25) is 0 Å². The average molecular weight is 409 g/mol. The zero-order chi connectivity index (χ0) is 17.1. The number of carbonyl (C=O) groups is 1. The van der Waals surface area contributed by atoms with Gasteiger partial charge in [-0.3, -0.25) is 4.79 Å². The SMILES string of the molecule is C[C@@H](NC(=O)COc1ccc(Br)cc1Cl)c1ccc2c(c1)CCC2. The number of hydrogen-bond acceptors (Lipinski definition) is 2. The zero-order valence-corrected chi connectivity index (χ0v) is 15.8. The Balaban J connectivity index is 1.56. The molecular weight excluding hydrogens is 390 g/mol. The Morgan fingerprint density at radius 3 is 2.83 bits per heavy atom. The summed E-state index contributed by atoms with van der Waals surface area (Å²) in [6.07, 6.45) is 3.52. The van der Waals surface area contributed by atoms with Crippen LogP contribution in [0.1, 0.15) is 36.1 Å². The molecule has 2 aromatic carbocycles. The number of rotatable bonds is 5. The number of hydrogen-bond donors (Lipinski definition) is 1. The minimum atomic E-state index is -0.165. The number of halogens is 2. The standard InChI is InChI=1S/C19H19BrClNO2/c1-12(14-6-5-13-3-2-4-15(13)9-14)22-19(23)11-24-18-8-7-16(20)10-17(18)21/h5-10,12H,2-4,11H2,1H3,(H,22,23)/t12-/m1/s1. The van der Waals surface area contributed by atoms with Crippen molar-refractivity contribution < 1.29 is 9.53 Å². The van der Waals surface area contributed by atoms with Gasteiger partial charge < -0.3 is 10.1 Å². The number of amides is 1. The molecule has 1 amide bonds. The van der Waals surface area contributed by atoms with Crippen LogP contribution >= 0.6 is 27.5 Å². The van der Waals surface area contributed by atoms with Crippen molar-refractivity contribution in [2.75, 3.05) is 6.61 Å². The Bertz CT molecular complexity index is 763. The molecule has 24 heavy (non-hydrogen) atoms. The van der Waals surface area contributed by atoms with Gasteiger partial charge in [-0.1, -0.05) is 45.7 Å². The molecular formula is C19H19BrClNO2. The van der Waals surface area contributed by atoms with Crippen molar-refractivity contribution >= 4 is 33.4 Å². The third-order valence-electron chi connectivity index (χ3n) is 4.25. The van der Waals surface area contributed by atoms with E-state index in [0.717, 1.165) is 22.9 Å². The summed E-state index contributed by atoms with van der Waals surface area (Å²) in [6.45, 7) is 1.93. The molecule has 126 valence electrons. The maximum absolute atomic E-state index is 12.1. The van der Waals surface area contributed by atoms with Gasteiger partial charge in [-0.05, 0) is 61.1 Å². The summed E-state index contributed by atoms with van der Waals surface area (Å²) in [5, 5.41) is 3.45. The number of fused-ring (bicyclic) bond motifs is 1. The van der Waals surface area contributed by atoms with Crippen molar-refractivity contribution in [2.24, 2.45) is 0 Å². The first-order valence-corrected chi connectivity index (χ1v) is 9.19. The Hall–Kier alpha value is -1.52. The first-order chi connectivity index (χ1) is 11.5. The highest BCUT2D eigenvalue weighted by Crippen LogP contribution is 2.28. The summed E-state index contributed by atoms with van der Waals surface area (Å²) >= 11 is 9.42. The monoisotopic (exact) mass is 407 g/mol. The van der Waals surface area contributed by atoms with E-state index in [1.807, 2.05) is 13.0 Å². The second-order valence-corrected chi connectivity index (χ2v) is 7.36. The Kier molecular flexibility index (Phi) is 5.47. The second-order valence-electron chi connectivity index (χ2n) is 6.03. The molecule has 3 nitrogen and oxygen atoms in total. The van der Waals surface area contributed by atoms with E-state index in [2.05, 4.69) is 39.4 Å². The summed E-state index contributed by atoms with van der Waals surface area (Å²) in [4.78, 5) is 12.1. The Labute approximate surface area is 155 Å². The maximum Gasteiger partial charge on any atom is 0.258 e. The largest absolute Gasteiger partial charge is 0.482 e. The highest BCUT2D eigenvalue weighted by Gasteiger charge is 2.15. The van der Waals surface area contributed by atoms with Crippen LogP contribution in [0.2, 0.25) is 5.02 Å². The third kappa shape index (κ3) is 4.11. The molecule has 1 atom stereocenters. The molecule has 3 rings (SSSR count). The topological polar surface area (TPSA) is 38.3 Å². The van der Waals surface area contributed by atoms with E-state index in [1.165, 1.54) is 17.5 Å². The lowest BCUT2D eigenvalue weighted by Gasteiger charge is -2.16. The first kappa shape index (κ1) is 17.3. The Morgan fingerprint density at radius 1 is 1.25 bits per heavy atom. The molecule has 0 spiro atoms. The van der Waals surface area contributed by atoms with Gasteiger partial charge in [-0.15, -0.1) is 0 Å². The summed E-state index contributed by atoms with van der Waals surface area (Å²) in [5.41, 5.74) is 3.97. The van der Waals surface area contributed by atoms with Gasteiger partial charge in [-0.25, -0.2) is 0 Å². The number of carbonyl (C=O) groups excluding carboxylic acids is 1. The predicted molar refractivity (Wildman–Crippen MR) is 99.7 cm³/mol. The van der Waals surface area contributed by atoms with Crippen LogP contribution in [0, 0.1) is 0 Å². The summed E-state index contributed by atoms with van der Waals surface area (Å²) in [5.74, 6) is 0.335. The minimum Gasteiger partial charge on any atom is -0.482 e. The van der Waals surface area contributed by atoms with Crippen LogP contribution in [0.5, 0.6) is 5.75 Å². The smallest absolute Gasteiger partial charge is 0.258 e. The molecule has 2 aromatic rings. The van der Waals surface area contributed by atoms with Gasteiger partial charge in [0.05, 0.1) is 11.1 Å². The average Bonchev–Trinajstić information content (AvgIpc) is 3.01. The van der Waals surface area contributed by atoms with E-state index >= 15 is 0 Å². The van der Waals surface area contributed by atoms with E-state index in [-0.39, 0.29) is 18.6 Å². The quantitative estimate of drug-likeness (QED) is 0.768.